The van der Waals surface area contributed by atoms with Crippen LogP contribution in [0.2, 0.25) is 0 Å². The molecule has 1 heteroatoms. The molecule has 0 bridgehead atoms. The number of hydrogen-bond acceptors (Lipinski definition) is 1. The van der Waals surface area contributed by atoms with Crippen molar-refractivity contribution in [3.05, 3.63) is 41.5 Å². The van der Waals surface area contributed by atoms with Crippen LogP contribution in [0.25, 0.3) is 6.08 Å². The second kappa shape index (κ2) is 3.55. The molecule has 0 aromatic heterocycles. The minimum absolute atomic E-state index is 0.0814. The molecule has 0 radical (unpaired) electrons. The van der Waals surface area contributed by atoms with Crippen LogP contribution in [-0.4, -0.2) is 0 Å². The Labute approximate surface area is 73.9 Å². The molecule has 0 aliphatic carbocycles. The zero-order valence-electron chi connectivity index (χ0n) is 7.67. The Morgan fingerprint density at radius 3 is 2.58 bits per heavy atom. The van der Waals surface area contributed by atoms with Gasteiger partial charge >= 0.3 is 0 Å². The van der Waals surface area contributed by atoms with Gasteiger partial charge in [-0.05, 0) is 30.5 Å². The van der Waals surface area contributed by atoms with Gasteiger partial charge in [-0.1, -0.05) is 30.9 Å². The standard InChI is InChI=1S/C11H15N/c1-4-10-8(2)6-5-7-11(10)9(3)12/h4-7,9H,1,12H2,2-3H3. The molecule has 1 aromatic rings. The maximum atomic E-state index is 5.81. The van der Waals surface area contributed by atoms with Crippen molar-refractivity contribution in [3.8, 4) is 0 Å². The largest absolute Gasteiger partial charge is 0.324 e. The van der Waals surface area contributed by atoms with E-state index in [4.69, 9.17) is 5.73 Å². The van der Waals surface area contributed by atoms with Crippen LogP contribution in [0.5, 0.6) is 0 Å². The first-order valence-electron chi connectivity index (χ1n) is 4.14. The van der Waals surface area contributed by atoms with Crippen molar-refractivity contribution in [2.45, 2.75) is 19.9 Å². The Kier molecular flexibility index (Phi) is 2.66. The van der Waals surface area contributed by atoms with Crippen LogP contribution in [0.15, 0.2) is 24.8 Å². The minimum atomic E-state index is 0.0814. The summed E-state index contributed by atoms with van der Waals surface area (Å²) in [5.41, 5.74) is 9.39. The first-order chi connectivity index (χ1) is 5.66. The van der Waals surface area contributed by atoms with E-state index in [0.29, 0.717) is 0 Å². The molecule has 64 valence electrons. The van der Waals surface area contributed by atoms with Crippen molar-refractivity contribution in [3.63, 3.8) is 0 Å². The molecule has 12 heavy (non-hydrogen) atoms. The molecule has 1 unspecified atom stereocenters. The van der Waals surface area contributed by atoms with E-state index in [1.807, 2.05) is 19.1 Å². The summed E-state index contributed by atoms with van der Waals surface area (Å²) in [7, 11) is 0. The number of hydrogen-bond donors (Lipinski definition) is 1. The third kappa shape index (κ3) is 1.56. The number of rotatable bonds is 2. The normalized spacial score (nSPS) is 12.6. The molecule has 0 spiro atoms. The number of benzene rings is 1. The van der Waals surface area contributed by atoms with Gasteiger partial charge in [0, 0.05) is 6.04 Å². The predicted molar refractivity (Wildman–Crippen MR) is 53.9 cm³/mol. The summed E-state index contributed by atoms with van der Waals surface area (Å²) in [6.45, 7) is 7.84. The van der Waals surface area contributed by atoms with Gasteiger partial charge in [0.25, 0.3) is 0 Å². The lowest BCUT2D eigenvalue weighted by Gasteiger charge is -2.11. The van der Waals surface area contributed by atoms with Gasteiger partial charge in [0.1, 0.15) is 0 Å². The summed E-state index contributed by atoms with van der Waals surface area (Å²) in [5, 5.41) is 0. The fraction of sp³-hybridized carbons (Fsp3) is 0.273. The lowest BCUT2D eigenvalue weighted by Crippen LogP contribution is -2.07. The van der Waals surface area contributed by atoms with Crippen molar-refractivity contribution in [2.24, 2.45) is 5.73 Å². The summed E-state index contributed by atoms with van der Waals surface area (Å²) in [6.07, 6.45) is 1.87. The molecule has 0 aliphatic heterocycles. The SMILES string of the molecule is C=Cc1c(C)cccc1C(C)N. The maximum Gasteiger partial charge on any atom is 0.0272 e. The molecule has 1 atom stereocenters. The topological polar surface area (TPSA) is 26.0 Å². The summed E-state index contributed by atoms with van der Waals surface area (Å²) in [5.74, 6) is 0. The Hall–Kier alpha value is -1.08. The molecule has 1 nitrogen and oxygen atoms in total. The molecule has 0 amide bonds. The molecule has 0 saturated carbocycles. The van der Waals surface area contributed by atoms with Gasteiger partial charge < -0.3 is 5.73 Å². The smallest absolute Gasteiger partial charge is 0.0272 e. The highest BCUT2D eigenvalue weighted by Crippen LogP contribution is 2.20. The predicted octanol–water partition coefficient (Wildman–Crippen LogP) is 2.66. The van der Waals surface area contributed by atoms with Gasteiger partial charge in [-0.3, -0.25) is 0 Å². The molecule has 0 fully saturated rings. The Morgan fingerprint density at radius 1 is 1.50 bits per heavy atom. The monoisotopic (exact) mass is 161 g/mol. The third-order valence-electron chi connectivity index (χ3n) is 2.05. The van der Waals surface area contributed by atoms with Gasteiger partial charge in [-0.25, -0.2) is 0 Å². The van der Waals surface area contributed by atoms with Crippen molar-refractivity contribution in [2.75, 3.05) is 0 Å². The van der Waals surface area contributed by atoms with E-state index >= 15 is 0 Å². The lowest BCUT2D eigenvalue weighted by atomic mass is 9.98. The molecule has 0 aliphatic rings. The molecular formula is C11H15N. The van der Waals surface area contributed by atoms with Crippen molar-refractivity contribution < 1.29 is 0 Å². The second-order valence-corrected chi connectivity index (χ2v) is 3.07. The molecule has 2 N–H and O–H groups in total. The van der Waals surface area contributed by atoms with Gasteiger partial charge in [0.05, 0.1) is 0 Å². The number of aryl methyl sites for hydroxylation is 1. The first kappa shape index (κ1) is 9.01. The zero-order valence-corrected chi connectivity index (χ0v) is 7.67. The minimum Gasteiger partial charge on any atom is -0.324 e. The van der Waals surface area contributed by atoms with E-state index in [9.17, 15) is 0 Å². The van der Waals surface area contributed by atoms with Gasteiger partial charge in [-0.15, -0.1) is 0 Å². The van der Waals surface area contributed by atoms with Crippen LogP contribution in [0.4, 0.5) is 0 Å². The summed E-state index contributed by atoms with van der Waals surface area (Å²) in [4.78, 5) is 0. The van der Waals surface area contributed by atoms with Crippen LogP contribution in [0, 0.1) is 6.92 Å². The molecule has 0 saturated heterocycles. The van der Waals surface area contributed by atoms with E-state index in [2.05, 4.69) is 25.6 Å². The van der Waals surface area contributed by atoms with E-state index in [1.54, 1.807) is 0 Å². The summed E-state index contributed by atoms with van der Waals surface area (Å²) in [6, 6.07) is 6.23. The quantitative estimate of drug-likeness (QED) is 0.709. The van der Waals surface area contributed by atoms with E-state index in [-0.39, 0.29) is 6.04 Å². The van der Waals surface area contributed by atoms with Gasteiger partial charge in [0.15, 0.2) is 0 Å². The number of nitrogens with two attached hydrogens (primary N) is 1. The van der Waals surface area contributed by atoms with E-state index < -0.39 is 0 Å². The van der Waals surface area contributed by atoms with Crippen LogP contribution in [-0.2, 0) is 0 Å². The van der Waals surface area contributed by atoms with Crippen LogP contribution < -0.4 is 5.73 Å². The van der Waals surface area contributed by atoms with Gasteiger partial charge in [-0.2, -0.15) is 0 Å². The van der Waals surface area contributed by atoms with Crippen molar-refractivity contribution in [1.29, 1.82) is 0 Å². The second-order valence-electron chi connectivity index (χ2n) is 3.07. The Balaban J connectivity index is 3.27. The molecular weight excluding hydrogens is 146 g/mol. The Bertz CT molecular complexity index is 287. The molecule has 0 heterocycles. The summed E-state index contributed by atoms with van der Waals surface area (Å²) >= 11 is 0. The highest BCUT2D eigenvalue weighted by atomic mass is 14.6. The molecule has 1 rings (SSSR count). The van der Waals surface area contributed by atoms with Crippen LogP contribution in [0.3, 0.4) is 0 Å². The third-order valence-corrected chi connectivity index (χ3v) is 2.05. The zero-order chi connectivity index (χ0) is 9.14. The van der Waals surface area contributed by atoms with Crippen LogP contribution in [0.1, 0.15) is 29.7 Å². The highest BCUT2D eigenvalue weighted by Gasteiger charge is 2.04. The average Bonchev–Trinajstić information content (AvgIpc) is 2.03. The van der Waals surface area contributed by atoms with E-state index in [0.717, 1.165) is 0 Å². The molecule has 1 aromatic carbocycles. The fourth-order valence-corrected chi connectivity index (χ4v) is 1.38. The van der Waals surface area contributed by atoms with E-state index in [1.165, 1.54) is 16.7 Å². The first-order valence-corrected chi connectivity index (χ1v) is 4.14. The Morgan fingerprint density at radius 2 is 2.17 bits per heavy atom. The van der Waals surface area contributed by atoms with Gasteiger partial charge in [0.2, 0.25) is 0 Å². The lowest BCUT2D eigenvalue weighted by molar-refractivity contribution is 0.814. The maximum absolute atomic E-state index is 5.81. The summed E-state index contributed by atoms with van der Waals surface area (Å²) < 4.78 is 0. The van der Waals surface area contributed by atoms with Crippen molar-refractivity contribution >= 4 is 6.08 Å². The highest BCUT2D eigenvalue weighted by molar-refractivity contribution is 5.56. The average molecular weight is 161 g/mol. The fourth-order valence-electron chi connectivity index (χ4n) is 1.38. The van der Waals surface area contributed by atoms with Crippen molar-refractivity contribution in [1.82, 2.24) is 0 Å². The van der Waals surface area contributed by atoms with Crippen LogP contribution >= 0.6 is 0 Å².